The quantitative estimate of drug-likeness (QED) is 0.173. The van der Waals surface area contributed by atoms with Gasteiger partial charge >= 0.3 is 6.03 Å². The number of rotatable bonds is 11. The predicted molar refractivity (Wildman–Crippen MR) is 186 cm³/mol. The van der Waals surface area contributed by atoms with Gasteiger partial charge in [0.15, 0.2) is 5.65 Å². The Morgan fingerprint density at radius 1 is 1.06 bits per heavy atom. The van der Waals surface area contributed by atoms with Gasteiger partial charge in [0.25, 0.3) is 0 Å². The van der Waals surface area contributed by atoms with Crippen molar-refractivity contribution in [2.24, 2.45) is 0 Å². The van der Waals surface area contributed by atoms with Gasteiger partial charge in [-0.05, 0) is 80.5 Å². The molecule has 5 heterocycles. The average molecular weight is 655 g/mol. The third-order valence-electron chi connectivity index (χ3n) is 10.2. The monoisotopic (exact) mass is 654 g/mol. The maximum absolute atomic E-state index is 15.1. The minimum atomic E-state index is -0.295. The highest BCUT2D eigenvalue weighted by Crippen LogP contribution is 2.32. The van der Waals surface area contributed by atoms with Crippen molar-refractivity contribution >= 4 is 22.8 Å². The highest BCUT2D eigenvalue weighted by atomic mass is 19.1. The summed E-state index contributed by atoms with van der Waals surface area (Å²) in [7, 11) is 0. The van der Waals surface area contributed by atoms with Gasteiger partial charge < -0.3 is 26.0 Å². The van der Waals surface area contributed by atoms with E-state index in [9.17, 15) is 4.79 Å². The first-order valence-corrected chi connectivity index (χ1v) is 17.6. The molecule has 3 saturated heterocycles. The van der Waals surface area contributed by atoms with Crippen LogP contribution in [0.25, 0.3) is 22.2 Å². The number of hydrogen-bond donors (Lipinski definition) is 4. The highest BCUT2D eigenvalue weighted by Gasteiger charge is 2.37. The zero-order valence-electron chi connectivity index (χ0n) is 28.0. The Balaban J connectivity index is 1.02. The third kappa shape index (κ3) is 6.90. The number of nitrogens with zero attached hydrogens (tertiary/aromatic N) is 4. The molecule has 0 radical (unpaired) electrons. The maximum atomic E-state index is 15.1. The molecule has 7 rings (SSSR count). The Morgan fingerprint density at radius 2 is 1.92 bits per heavy atom. The van der Waals surface area contributed by atoms with Crippen molar-refractivity contribution in [2.75, 3.05) is 31.6 Å². The number of ether oxygens (including phenoxy) is 1. The summed E-state index contributed by atoms with van der Waals surface area (Å²) in [6, 6.07) is 14.5. The number of hydrogen-bond acceptors (Lipinski definition) is 7. The Kier molecular flexibility index (Phi) is 9.88. The Hall–Kier alpha value is -4.06. The second-order valence-corrected chi connectivity index (χ2v) is 13.2. The van der Waals surface area contributed by atoms with Crippen LogP contribution in [0.5, 0.6) is 0 Å². The number of pyridine rings is 1. The summed E-state index contributed by atoms with van der Waals surface area (Å²) in [6.07, 6.45) is 6.88. The molecule has 2 aromatic carbocycles. The zero-order chi connectivity index (χ0) is 33.0. The van der Waals surface area contributed by atoms with E-state index >= 15 is 4.39 Å². The van der Waals surface area contributed by atoms with Gasteiger partial charge in [0.05, 0.1) is 17.3 Å². The second kappa shape index (κ2) is 14.6. The van der Waals surface area contributed by atoms with Crippen LogP contribution in [0.3, 0.4) is 0 Å². The summed E-state index contributed by atoms with van der Waals surface area (Å²) in [5, 5.41) is 18.9. The molecule has 4 aromatic rings. The molecule has 2 atom stereocenters. The summed E-state index contributed by atoms with van der Waals surface area (Å²) in [6.45, 7) is 9.94. The average Bonchev–Trinajstić information content (AvgIpc) is 3.51. The van der Waals surface area contributed by atoms with Gasteiger partial charge in [0.2, 0.25) is 0 Å². The molecular formula is C37H47FN8O2. The molecule has 3 aliphatic rings. The number of halogens is 1. The number of benzene rings is 2. The van der Waals surface area contributed by atoms with E-state index < -0.39 is 0 Å². The lowest BCUT2D eigenvalue weighted by molar-refractivity contribution is 0.0493. The fourth-order valence-electron chi connectivity index (χ4n) is 7.43. The van der Waals surface area contributed by atoms with E-state index in [2.05, 4.69) is 57.2 Å². The lowest BCUT2D eigenvalue weighted by Gasteiger charge is -2.49. The number of nitrogens with one attached hydrogen (secondary N) is 4. The summed E-state index contributed by atoms with van der Waals surface area (Å²) in [5.74, 6) is -0.271. The lowest BCUT2D eigenvalue weighted by atomic mass is 9.89. The van der Waals surface area contributed by atoms with Crippen molar-refractivity contribution in [1.29, 1.82) is 0 Å². The second-order valence-electron chi connectivity index (χ2n) is 13.2. The number of carbonyl (C=O) groups excluding carboxylic acids is 1. The molecule has 3 aliphatic heterocycles. The predicted octanol–water partition coefficient (Wildman–Crippen LogP) is 5.35. The third-order valence-corrected chi connectivity index (χ3v) is 10.2. The molecule has 48 heavy (non-hydrogen) atoms. The number of urea groups is 1. The number of piperidine rings is 1. The lowest BCUT2D eigenvalue weighted by Crippen LogP contribution is -2.66. The van der Waals surface area contributed by atoms with Crippen molar-refractivity contribution in [3.8, 4) is 11.1 Å². The topological polar surface area (TPSA) is 108 Å². The van der Waals surface area contributed by atoms with Crippen molar-refractivity contribution in [2.45, 2.75) is 90.3 Å². The molecular weight excluding hydrogens is 607 g/mol. The SMILES string of the molecule is CCc1nc2c(cnn2CC)c(NC2CCOCC2)c1CNC(=O)NCc1ccc(F)c(-c2cccc(CN3CCCC4NC[C@H]43)c2)c1. The van der Waals surface area contributed by atoms with E-state index in [0.29, 0.717) is 24.2 Å². The van der Waals surface area contributed by atoms with Gasteiger partial charge in [-0.3, -0.25) is 4.90 Å². The standard InChI is InChI=1S/C37H47FN8O2/c1-3-32-29(35(43-27-12-15-48-16-13-27)30-21-42-46(4-2)36(30)44-32)20-41-37(47)40-19-24-10-11-31(38)28(18-24)26-8-5-7-25(17-26)23-45-14-6-9-33-34(45)22-39-33/h5,7-8,10-11,17-18,21,27,33-34,39H,3-4,6,9,12-16,19-20,22-23H2,1-2H3,(H,43,44)(H2,40,41,47)/t33?,34-/m1/s1. The van der Waals surface area contributed by atoms with Gasteiger partial charge in [0.1, 0.15) is 5.82 Å². The van der Waals surface area contributed by atoms with Gasteiger partial charge in [-0.25, -0.2) is 18.9 Å². The minimum absolute atomic E-state index is 0.271. The van der Waals surface area contributed by atoms with Crippen LogP contribution in [0.1, 0.15) is 61.9 Å². The van der Waals surface area contributed by atoms with Crippen molar-refractivity contribution in [3.05, 3.63) is 76.9 Å². The zero-order valence-corrected chi connectivity index (χ0v) is 28.0. The van der Waals surface area contributed by atoms with Crippen molar-refractivity contribution in [3.63, 3.8) is 0 Å². The highest BCUT2D eigenvalue weighted by molar-refractivity contribution is 5.92. The molecule has 1 unspecified atom stereocenters. The summed E-state index contributed by atoms with van der Waals surface area (Å²) in [5.41, 5.74) is 7.16. The first kappa shape index (κ1) is 32.5. The van der Waals surface area contributed by atoms with Gasteiger partial charge in [-0.1, -0.05) is 31.2 Å². The number of likely N-dealkylation sites (tertiary alicyclic amines) is 1. The fourth-order valence-corrected chi connectivity index (χ4v) is 7.43. The first-order valence-electron chi connectivity index (χ1n) is 17.6. The van der Waals surface area contributed by atoms with E-state index in [-0.39, 0.29) is 24.4 Å². The van der Waals surface area contributed by atoms with Crippen LogP contribution in [0.2, 0.25) is 0 Å². The molecule has 0 bridgehead atoms. The molecule has 4 N–H and O–H groups in total. The minimum Gasteiger partial charge on any atom is -0.381 e. The first-order chi connectivity index (χ1) is 23.5. The van der Waals surface area contributed by atoms with Crippen LogP contribution in [-0.2, 0) is 37.3 Å². The molecule has 10 nitrogen and oxygen atoms in total. The van der Waals surface area contributed by atoms with Crippen LogP contribution in [0.15, 0.2) is 48.7 Å². The number of carbonyl (C=O) groups is 1. The summed E-state index contributed by atoms with van der Waals surface area (Å²) < 4.78 is 22.6. The number of aromatic nitrogens is 3. The van der Waals surface area contributed by atoms with Crippen molar-refractivity contribution < 1.29 is 13.9 Å². The Morgan fingerprint density at radius 3 is 2.71 bits per heavy atom. The Bertz CT molecular complexity index is 1750. The van der Waals surface area contributed by atoms with Crippen LogP contribution in [0.4, 0.5) is 14.9 Å². The number of fused-ring (bicyclic) bond motifs is 2. The number of amides is 2. The number of aryl methyl sites for hydroxylation is 2. The number of anilines is 1. The van der Waals surface area contributed by atoms with E-state index in [4.69, 9.17) is 9.72 Å². The van der Waals surface area contributed by atoms with Gasteiger partial charge in [-0.15, -0.1) is 0 Å². The molecule has 2 aromatic heterocycles. The molecule has 11 heteroatoms. The van der Waals surface area contributed by atoms with E-state index in [1.54, 1.807) is 6.07 Å². The largest absolute Gasteiger partial charge is 0.381 e. The van der Waals surface area contributed by atoms with Crippen LogP contribution >= 0.6 is 0 Å². The molecule has 0 spiro atoms. The Labute approximate surface area is 281 Å². The molecule has 0 saturated carbocycles. The van der Waals surface area contributed by atoms with E-state index in [0.717, 1.165) is 97.8 Å². The summed E-state index contributed by atoms with van der Waals surface area (Å²) in [4.78, 5) is 20.7. The molecule has 254 valence electrons. The fraction of sp³-hybridized carbons (Fsp3) is 0.486. The van der Waals surface area contributed by atoms with Crippen LogP contribution < -0.4 is 21.3 Å². The van der Waals surface area contributed by atoms with Crippen LogP contribution in [0, 0.1) is 5.82 Å². The molecule has 3 fully saturated rings. The summed E-state index contributed by atoms with van der Waals surface area (Å²) >= 11 is 0. The smallest absolute Gasteiger partial charge is 0.315 e. The van der Waals surface area contributed by atoms with E-state index in [1.807, 2.05) is 29.1 Å². The van der Waals surface area contributed by atoms with Crippen molar-refractivity contribution in [1.82, 2.24) is 35.6 Å². The molecule has 0 aliphatic carbocycles. The van der Waals surface area contributed by atoms with Gasteiger partial charge in [-0.2, -0.15) is 5.10 Å². The normalized spacial score (nSPS) is 19.9. The van der Waals surface area contributed by atoms with Gasteiger partial charge in [0, 0.05) is 80.9 Å². The maximum Gasteiger partial charge on any atom is 0.315 e. The molecule has 2 amide bonds. The van der Waals surface area contributed by atoms with Crippen LogP contribution in [-0.4, -0.2) is 70.1 Å². The van der Waals surface area contributed by atoms with E-state index in [1.165, 1.54) is 24.5 Å².